The molecule has 3 nitrogen and oxygen atoms in total. The van der Waals surface area contributed by atoms with Crippen LogP contribution in [0.4, 0.5) is 0 Å². The van der Waals surface area contributed by atoms with E-state index in [2.05, 4.69) is 20.7 Å². The Morgan fingerprint density at radius 2 is 2.10 bits per heavy atom. The summed E-state index contributed by atoms with van der Waals surface area (Å²) in [5, 5.41) is 0.511. The highest BCUT2D eigenvalue weighted by molar-refractivity contribution is 9.10. The van der Waals surface area contributed by atoms with Gasteiger partial charge in [0.2, 0.25) is 10.0 Å². The van der Waals surface area contributed by atoms with Gasteiger partial charge in [0.1, 0.15) is 0 Å². The van der Waals surface area contributed by atoms with Gasteiger partial charge >= 0.3 is 0 Å². The third-order valence-electron chi connectivity index (χ3n) is 4.62. The molecule has 3 unspecified atom stereocenters. The molecule has 0 spiro atoms. The number of halogens is 2. The quantitative estimate of drug-likeness (QED) is 0.866. The third-order valence-corrected chi connectivity index (χ3v) is 7.26. The topological polar surface area (TPSA) is 46.2 Å². The van der Waals surface area contributed by atoms with E-state index >= 15 is 0 Å². The molecule has 110 valence electrons. The normalized spacial score (nSPS) is 29.0. The van der Waals surface area contributed by atoms with Crippen molar-refractivity contribution < 1.29 is 8.42 Å². The van der Waals surface area contributed by atoms with Crippen molar-refractivity contribution in [2.24, 2.45) is 17.8 Å². The van der Waals surface area contributed by atoms with E-state index in [1.807, 2.05) is 0 Å². The van der Waals surface area contributed by atoms with E-state index in [1.165, 1.54) is 31.7 Å². The van der Waals surface area contributed by atoms with Crippen LogP contribution in [0.25, 0.3) is 0 Å². The molecule has 1 aromatic rings. The maximum Gasteiger partial charge on any atom is 0.240 e. The molecule has 0 saturated heterocycles. The summed E-state index contributed by atoms with van der Waals surface area (Å²) in [6.45, 7) is 0.559. The molecule has 3 rings (SSSR count). The third kappa shape index (κ3) is 2.91. The summed E-state index contributed by atoms with van der Waals surface area (Å²) in [7, 11) is -3.44. The molecule has 2 aliphatic carbocycles. The first-order valence-electron chi connectivity index (χ1n) is 6.90. The standard InChI is InChI=1S/C14H17BrClNO2S/c15-13-7-12(3-4-14(13)16)20(18,19)17-8-11-6-9-1-2-10(11)5-9/h3-4,7,9-11,17H,1-2,5-6,8H2. The number of hydrogen-bond acceptors (Lipinski definition) is 2. The summed E-state index contributed by atoms with van der Waals surface area (Å²) in [6.07, 6.45) is 5.07. The molecule has 0 radical (unpaired) electrons. The average Bonchev–Trinajstić information content (AvgIpc) is 3.02. The fourth-order valence-corrected chi connectivity index (χ4v) is 5.34. The Labute approximate surface area is 133 Å². The second-order valence-electron chi connectivity index (χ2n) is 5.86. The summed E-state index contributed by atoms with van der Waals surface area (Å²) >= 11 is 9.15. The molecule has 0 heterocycles. The van der Waals surface area contributed by atoms with Gasteiger partial charge in [0.05, 0.1) is 9.92 Å². The molecular formula is C14H17BrClNO2S. The van der Waals surface area contributed by atoms with Gasteiger partial charge in [0, 0.05) is 11.0 Å². The lowest BCUT2D eigenvalue weighted by Gasteiger charge is -2.21. The van der Waals surface area contributed by atoms with Crippen LogP contribution in [0.3, 0.4) is 0 Å². The molecule has 1 N–H and O–H groups in total. The fraction of sp³-hybridized carbons (Fsp3) is 0.571. The van der Waals surface area contributed by atoms with Crippen LogP contribution in [0.2, 0.25) is 5.02 Å². The minimum Gasteiger partial charge on any atom is -0.211 e. The van der Waals surface area contributed by atoms with Gasteiger partial charge in [-0.15, -0.1) is 0 Å². The number of rotatable bonds is 4. The highest BCUT2D eigenvalue weighted by Gasteiger charge is 2.39. The largest absolute Gasteiger partial charge is 0.240 e. The van der Waals surface area contributed by atoms with Crippen molar-refractivity contribution in [3.63, 3.8) is 0 Å². The lowest BCUT2D eigenvalue weighted by Crippen LogP contribution is -2.31. The van der Waals surface area contributed by atoms with Crippen molar-refractivity contribution in [3.05, 3.63) is 27.7 Å². The van der Waals surface area contributed by atoms with Gasteiger partial charge in [-0.3, -0.25) is 0 Å². The van der Waals surface area contributed by atoms with Gasteiger partial charge in [-0.25, -0.2) is 13.1 Å². The van der Waals surface area contributed by atoms with Crippen LogP contribution in [-0.2, 0) is 10.0 Å². The summed E-state index contributed by atoms with van der Waals surface area (Å²) in [6, 6.07) is 4.68. The van der Waals surface area contributed by atoms with Crippen molar-refractivity contribution in [3.8, 4) is 0 Å². The van der Waals surface area contributed by atoms with E-state index < -0.39 is 10.0 Å². The molecule has 0 aliphatic heterocycles. The first-order valence-corrected chi connectivity index (χ1v) is 9.56. The van der Waals surface area contributed by atoms with Gasteiger partial charge in [-0.05, 0) is 71.1 Å². The Kier molecular flexibility index (Phi) is 4.15. The van der Waals surface area contributed by atoms with Crippen LogP contribution in [0.15, 0.2) is 27.6 Å². The number of sulfonamides is 1. The first kappa shape index (κ1) is 14.8. The van der Waals surface area contributed by atoms with Gasteiger partial charge in [0.15, 0.2) is 0 Å². The van der Waals surface area contributed by atoms with E-state index in [0.29, 0.717) is 22.0 Å². The number of fused-ring (bicyclic) bond motifs is 2. The Balaban J connectivity index is 1.68. The fourth-order valence-electron chi connectivity index (χ4n) is 3.57. The number of hydrogen-bond donors (Lipinski definition) is 1. The SMILES string of the molecule is O=S(=O)(NCC1CC2CCC1C2)c1ccc(Cl)c(Br)c1. The van der Waals surface area contributed by atoms with Crippen LogP contribution in [-0.4, -0.2) is 15.0 Å². The Morgan fingerprint density at radius 3 is 2.70 bits per heavy atom. The highest BCUT2D eigenvalue weighted by atomic mass is 79.9. The van der Waals surface area contributed by atoms with Gasteiger partial charge in [-0.2, -0.15) is 0 Å². The molecule has 2 bridgehead atoms. The zero-order chi connectivity index (χ0) is 14.3. The second-order valence-corrected chi connectivity index (χ2v) is 8.89. The lowest BCUT2D eigenvalue weighted by atomic mass is 9.89. The van der Waals surface area contributed by atoms with Crippen LogP contribution in [0.1, 0.15) is 25.7 Å². The molecule has 1 aromatic carbocycles. The molecule has 0 aromatic heterocycles. The Morgan fingerprint density at radius 1 is 1.30 bits per heavy atom. The summed E-state index contributed by atoms with van der Waals surface area (Å²) in [5.74, 6) is 2.07. The molecule has 0 amide bonds. The summed E-state index contributed by atoms with van der Waals surface area (Å²) in [4.78, 5) is 0.261. The van der Waals surface area contributed by atoms with E-state index in [0.717, 1.165) is 11.8 Å². The maximum absolute atomic E-state index is 12.3. The summed E-state index contributed by atoms with van der Waals surface area (Å²) in [5.41, 5.74) is 0. The van der Waals surface area contributed by atoms with Crippen LogP contribution in [0, 0.1) is 17.8 Å². The van der Waals surface area contributed by atoms with E-state index in [4.69, 9.17) is 11.6 Å². The monoisotopic (exact) mass is 377 g/mol. The predicted molar refractivity (Wildman–Crippen MR) is 83.3 cm³/mol. The van der Waals surface area contributed by atoms with Crippen LogP contribution in [0.5, 0.6) is 0 Å². The van der Waals surface area contributed by atoms with E-state index in [9.17, 15) is 8.42 Å². The molecule has 6 heteroatoms. The Hall–Kier alpha value is -0.100. The minimum atomic E-state index is -3.44. The summed E-state index contributed by atoms with van der Waals surface area (Å²) < 4.78 is 27.9. The molecular weight excluding hydrogens is 362 g/mol. The predicted octanol–water partition coefficient (Wildman–Crippen LogP) is 3.82. The van der Waals surface area contributed by atoms with E-state index in [-0.39, 0.29) is 4.90 Å². The van der Waals surface area contributed by atoms with Crippen molar-refractivity contribution in [2.75, 3.05) is 6.54 Å². The van der Waals surface area contributed by atoms with E-state index in [1.54, 1.807) is 12.1 Å². The zero-order valence-corrected chi connectivity index (χ0v) is 14.1. The minimum absolute atomic E-state index is 0.261. The van der Waals surface area contributed by atoms with Crippen LogP contribution < -0.4 is 4.72 Å². The number of benzene rings is 1. The molecule has 2 aliphatic rings. The highest BCUT2D eigenvalue weighted by Crippen LogP contribution is 2.48. The molecule has 2 fully saturated rings. The smallest absolute Gasteiger partial charge is 0.211 e. The number of nitrogens with one attached hydrogen (secondary N) is 1. The first-order chi connectivity index (χ1) is 9.45. The van der Waals surface area contributed by atoms with Gasteiger partial charge in [0.25, 0.3) is 0 Å². The molecule has 2 saturated carbocycles. The maximum atomic E-state index is 12.3. The Bertz CT molecular complexity index is 620. The molecule has 3 atom stereocenters. The van der Waals surface area contributed by atoms with Crippen molar-refractivity contribution in [1.29, 1.82) is 0 Å². The van der Waals surface area contributed by atoms with Crippen LogP contribution >= 0.6 is 27.5 Å². The molecule has 20 heavy (non-hydrogen) atoms. The van der Waals surface area contributed by atoms with Crippen molar-refractivity contribution in [2.45, 2.75) is 30.6 Å². The average molecular weight is 379 g/mol. The van der Waals surface area contributed by atoms with Gasteiger partial charge in [-0.1, -0.05) is 18.0 Å². The lowest BCUT2D eigenvalue weighted by molar-refractivity contribution is 0.333. The zero-order valence-electron chi connectivity index (χ0n) is 11.0. The van der Waals surface area contributed by atoms with Gasteiger partial charge < -0.3 is 0 Å². The van der Waals surface area contributed by atoms with Crippen molar-refractivity contribution >= 4 is 37.6 Å². The second kappa shape index (κ2) is 5.59. The van der Waals surface area contributed by atoms with Crippen molar-refractivity contribution in [1.82, 2.24) is 4.72 Å².